The first kappa shape index (κ1) is 14.6. The van der Waals surface area contributed by atoms with Gasteiger partial charge in [0.1, 0.15) is 36.0 Å². The molecule has 0 fully saturated rings. The van der Waals surface area contributed by atoms with E-state index in [-0.39, 0.29) is 18.3 Å². The molecule has 2 aromatic carbocycles. The van der Waals surface area contributed by atoms with Gasteiger partial charge in [-0.05, 0) is 46.3 Å². The number of benzene rings is 2. The lowest BCUT2D eigenvalue weighted by molar-refractivity contribution is 0.304. The number of halogens is 1. The third-order valence-electron chi connectivity index (χ3n) is 3.17. The van der Waals surface area contributed by atoms with Crippen molar-refractivity contribution in [1.29, 1.82) is 5.41 Å². The first-order valence-corrected chi connectivity index (χ1v) is 6.72. The molecule has 8 heteroatoms. The highest BCUT2D eigenvalue weighted by molar-refractivity contribution is 5.95. The Balaban J connectivity index is 1.88. The molecule has 23 heavy (non-hydrogen) atoms. The van der Waals surface area contributed by atoms with Crippen LogP contribution in [0.25, 0.3) is 5.69 Å². The van der Waals surface area contributed by atoms with Crippen molar-refractivity contribution in [2.24, 2.45) is 5.73 Å². The summed E-state index contributed by atoms with van der Waals surface area (Å²) in [4.78, 5) is 0. The normalized spacial score (nSPS) is 10.5. The van der Waals surface area contributed by atoms with Crippen molar-refractivity contribution in [1.82, 2.24) is 20.2 Å². The molecule has 1 heterocycles. The van der Waals surface area contributed by atoms with Gasteiger partial charge in [-0.1, -0.05) is 12.1 Å². The topological polar surface area (TPSA) is 103 Å². The number of nitrogens with two attached hydrogens (primary N) is 1. The maximum Gasteiger partial charge on any atom is 0.145 e. The molecule has 7 nitrogen and oxygen atoms in total. The van der Waals surface area contributed by atoms with E-state index in [2.05, 4.69) is 15.5 Å². The number of amidine groups is 1. The number of hydrogen-bond acceptors (Lipinski definition) is 5. The molecule has 0 bridgehead atoms. The second-order valence-corrected chi connectivity index (χ2v) is 4.77. The first-order valence-electron chi connectivity index (χ1n) is 6.72. The quantitative estimate of drug-likeness (QED) is 0.551. The number of nitrogens with zero attached hydrogens (tertiary/aromatic N) is 4. The lowest BCUT2D eigenvalue weighted by Crippen LogP contribution is -2.12. The molecule has 0 amide bonds. The summed E-state index contributed by atoms with van der Waals surface area (Å²) in [6.45, 7) is 0.259. The van der Waals surface area contributed by atoms with E-state index in [1.807, 2.05) is 0 Å². The van der Waals surface area contributed by atoms with Crippen LogP contribution in [-0.4, -0.2) is 26.0 Å². The van der Waals surface area contributed by atoms with E-state index in [4.69, 9.17) is 15.9 Å². The van der Waals surface area contributed by atoms with Crippen molar-refractivity contribution < 1.29 is 9.13 Å². The Hall–Kier alpha value is -3.29. The lowest BCUT2D eigenvalue weighted by atomic mass is 10.1. The number of aromatic nitrogens is 4. The smallest absolute Gasteiger partial charge is 0.145 e. The number of ether oxygens (including phenoxy) is 1. The second kappa shape index (κ2) is 6.22. The SMILES string of the molecule is N=C(N)c1ccc(OCc2ccc(F)cc2)c(-n2cnnn2)c1. The predicted octanol–water partition coefficient (Wildman–Crippen LogP) is 1.66. The summed E-state index contributed by atoms with van der Waals surface area (Å²) in [7, 11) is 0. The van der Waals surface area contributed by atoms with Gasteiger partial charge in [-0.25, -0.2) is 4.39 Å². The summed E-state index contributed by atoms with van der Waals surface area (Å²) in [5.74, 6) is 0.157. The van der Waals surface area contributed by atoms with Gasteiger partial charge < -0.3 is 10.5 Å². The second-order valence-electron chi connectivity index (χ2n) is 4.77. The average molecular weight is 312 g/mol. The van der Waals surface area contributed by atoms with Gasteiger partial charge in [0.15, 0.2) is 0 Å². The Morgan fingerprint density at radius 1 is 1.22 bits per heavy atom. The van der Waals surface area contributed by atoms with Crippen LogP contribution in [0.1, 0.15) is 11.1 Å². The fraction of sp³-hybridized carbons (Fsp3) is 0.0667. The minimum absolute atomic E-state index is 0.0654. The van der Waals surface area contributed by atoms with Gasteiger partial charge in [-0.2, -0.15) is 4.68 Å². The number of nitrogens with one attached hydrogen (secondary N) is 1. The van der Waals surface area contributed by atoms with Crippen LogP contribution in [0, 0.1) is 11.2 Å². The maximum atomic E-state index is 12.9. The van der Waals surface area contributed by atoms with E-state index in [1.165, 1.54) is 23.1 Å². The molecule has 0 saturated carbocycles. The summed E-state index contributed by atoms with van der Waals surface area (Å²) >= 11 is 0. The van der Waals surface area contributed by atoms with Gasteiger partial charge >= 0.3 is 0 Å². The van der Waals surface area contributed by atoms with Crippen molar-refractivity contribution in [3.63, 3.8) is 0 Å². The first-order chi connectivity index (χ1) is 11.1. The van der Waals surface area contributed by atoms with Crippen LogP contribution in [-0.2, 0) is 6.61 Å². The molecule has 0 aliphatic carbocycles. The number of nitrogen functional groups attached to an aromatic ring is 1. The highest BCUT2D eigenvalue weighted by Crippen LogP contribution is 2.24. The molecular formula is C15H13FN6O. The van der Waals surface area contributed by atoms with Gasteiger partial charge in [-0.3, -0.25) is 5.41 Å². The summed E-state index contributed by atoms with van der Waals surface area (Å²) in [6.07, 6.45) is 1.42. The Bertz CT molecular complexity index is 816. The van der Waals surface area contributed by atoms with E-state index in [9.17, 15) is 4.39 Å². The number of rotatable bonds is 5. The highest BCUT2D eigenvalue weighted by Gasteiger charge is 2.10. The van der Waals surface area contributed by atoms with E-state index in [1.54, 1.807) is 30.3 Å². The molecule has 0 radical (unpaired) electrons. The zero-order chi connectivity index (χ0) is 16.2. The predicted molar refractivity (Wildman–Crippen MR) is 80.9 cm³/mol. The maximum absolute atomic E-state index is 12.9. The summed E-state index contributed by atoms with van der Waals surface area (Å²) in [5.41, 5.74) is 7.43. The van der Waals surface area contributed by atoms with Crippen LogP contribution in [0.3, 0.4) is 0 Å². The van der Waals surface area contributed by atoms with Crippen LogP contribution in [0.5, 0.6) is 5.75 Å². The Kier molecular flexibility index (Phi) is 3.96. The summed E-state index contributed by atoms with van der Waals surface area (Å²) in [5, 5.41) is 18.5. The van der Waals surface area contributed by atoms with E-state index in [0.29, 0.717) is 17.0 Å². The third-order valence-corrected chi connectivity index (χ3v) is 3.17. The minimum Gasteiger partial charge on any atom is -0.487 e. The van der Waals surface area contributed by atoms with E-state index >= 15 is 0 Å². The lowest BCUT2D eigenvalue weighted by Gasteiger charge is -2.12. The van der Waals surface area contributed by atoms with Gasteiger partial charge in [0.2, 0.25) is 0 Å². The van der Waals surface area contributed by atoms with Crippen molar-refractivity contribution in [3.8, 4) is 11.4 Å². The molecule has 0 aliphatic heterocycles. The monoisotopic (exact) mass is 312 g/mol. The van der Waals surface area contributed by atoms with Gasteiger partial charge in [0, 0.05) is 5.56 Å². The fourth-order valence-electron chi connectivity index (χ4n) is 2.00. The molecule has 0 aliphatic rings. The van der Waals surface area contributed by atoms with Crippen LogP contribution >= 0.6 is 0 Å². The molecule has 0 spiro atoms. The highest BCUT2D eigenvalue weighted by atomic mass is 19.1. The molecule has 0 saturated heterocycles. The molecule has 3 rings (SSSR count). The van der Waals surface area contributed by atoms with Crippen LogP contribution in [0.4, 0.5) is 4.39 Å². The molecule has 3 N–H and O–H groups in total. The Morgan fingerprint density at radius 2 is 2.00 bits per heavy atom. The van der Waals surface area contributed by atoms with Crippen molar-refractivity contribution in [2.75, 3.05) is 0 Å². The summed E-state index contributed by atoms with van der Waals surface area (Å²) in [6, 6.07) is 11.1. The van der Waals surface area contributed by atoms with Crippen molar-refractivity contribution >= 4 is 5.84 Å². The largest absolute Gasteiger partial charge is 0.487 e. The van der Waals surface area contributed by atoms with E-state index < -0.39 is 0 Å². The Labute approximate surface area is 131 Å². The molecule has 0 unspecified atom stereocenters. The zero-order valence-electron chi connectivity index (χ0n) is 12.0. The van der Waals surface area contributed by atoms with Gasteiger partial charge in [0.25, 0.3) is 0 Å². The minimum atomic E-state index is -0.297. The standard InChI is InChI=1S/C15H13FN6O/c16-12-4-1-10(2-5-12)8-23-14-6-3-11(15(17)18)7-13(14)22-9-19-20-21-22/h1-7,9H,8H2,(H3,17,18). The third kappa shape index (κ3) is 3.31. The number of hydrogen-bond donors (Lipinski definition) is 2. The Morgan fingerprint density at radius 3 is 2.65 bits per heavy atom. The number of tetrazole rings is 1. The molecule has 1 aromatic heterocycles. The molecule has 116 valence electrons. The average Bonchev–Trinajstić information content (AvgIpc) is 3.08. The van der Waals surface area contributed by atoms with Gasteiger partial charge in [0.05, 0.1) is 0 Å². The summed E-state index contributed by atoms with van der Waals surface area (Å²) < 4.78 is 20.1. The fourth-order valence-corrected chi connectivity index (χ4v) is 2.00. The molecule has 3 aromatic rings. The van der Waals surface area contributed by atoms with Crippen LogP contribution in [0.15, 0.2) is 48.8 Å². The van der Waals surface area contributed by atoms with Crippen LogP contribution in [0.2, 0.25) is 0 Å². The zero-order valence-corrected chi connectivity index (χ0v) is 12.0. The van der Waals surface area contributed by atoms with E-state index in [0.717, 1.165) is 5.56 Å². The van der Waals surface area contributed by atoms with Crippen molar-refractivity contribution in [2.45, 2.75) is 6.61 Å². The molecular weight excluding hydrogens is 299 g/mol. The van der Waals surface area contributed by atoms with Gasteiger partial charge in [-0.15, -0.1) is 5.10 Å². The molecule has 0 atom stereocenters. The van der Waals surface area contributed by atoms with Crippen molar-refractivity contribution in [3.05, 3.63) is 65.7 Å². The van der Waals surface area contributed by atoms with Crippen LogP contribution < -0.4 is 10.5 Å².